The number of amides is 2. The van der Waals surface area contributed by atoms with Crippen LogP contribution in [0.25, 0.3) is 0 Å². The van der Waals surface area contributed by atoms with Crippen LogP contribution in [-0.4, -0.2) is 57.1 Å². The van der Waals surface area contributed by atoms with Crippen molar-refractivity contribution in [1.29, 1.82) is 0 Å². The van der Waals surface area contributed by atoms with Gasteiger partial charge in [-0.25, -0.2) is 0 Å². The van der Waals surface area contributed by atoms with Crippen LogP contribution >= 0.6 is 0 Å². The molecular formula is C22H29N3O3. The van der Waals surface area contributed by atoms with Crippen molar-refractivity contribution < 1.29 is 14.3 Å². The average molecular weight is 383 g/mol. The van der Waals surface area contributed by atoms with Crippen molar-refractivity contribution in [2.75, 3.05) is 45.2 Å². The second-order valence-electron chi connectivity index (χ2n) is 6.65. The van der Waals surface area contributed by atoms with Gasteiger partial charge in [0.25, 0.3) is 5.91 Å². The van der Waals surface area contributed by atoms with Crippen molar-refractivity contribution >= 4 is 17.5 Å². The second-order valence-corrected chi connectivity index (χ2v) is 6.65. The van der Waals surface area contributed by atoms with Crippen molar-refractivity contribution in [2.24, 2.45) is 0 Å². The Kier molecular flexibility index (Phi) is 8.49. The van der Waals surface area contributed by atoms with Gasteiger partial charge < -0.3 is 19.9 Å². The number of carbonyl (C=O) groups is 2. The minimum atomic E-state index is -0.133. The molecular weight excluding hydrogens is 354 g/mol. The highest BCUT2D eigenvalue weighted by molar-refractivity contribution is 6.06. The maximum atomic E-state index is 13.0. The highest BCUT2D eigenvalue weighted by Crippen LogP contribution is 2.22. The zero-order valence-electron chi connectivity index (χ0n) is 16.9. The monoisotopic (exact) mass is 383 g/mol. The number of hydrogen-bond donors (Lipinski definition) is 1. The van der Waals surface area contributed by atoms with E-state index in [4.69, 9.17) is 4.74 Å². The third-order valence-electron chi connectivity index (χ3n) is 4.17. The molecule has 0 atom stereocenters. The lowest BCUT2D eigenvalue weighted by Crippen LogP contribution is -2.37. The predicted octanol–water partition coefficient (Wildman–Crippen LogP) is 2.80. The molecule has 2 rings (SSSR count). The molecule has 1 N–H and O–H groups in total. The molecule has 0 radical (unpaired) electrons. The minimum absolute atomic E-state index is 0.0707. The quantitative estimate of drug-likeness (QED) is 0.685. The normalized spacial score (nSPS) is 10.6. The lowest BCUT2D eigenvalue weighted by Gasteiger charge is -2.23. The van der Waals surface area contributed by atoms with E-state index < -0.39 is 0 Å². The molecule has 28 heavy (non-hydrogen) atoms. The van der Waals surface area contributed by atoms with Crippen molar-refractivity contribution in [2.45, 2.75) is 13.3 Å². The van der Waals surface area contributed by atoms with E-state index in [9.17, 15) is 9.59 Å². The molecule has 0 saturated heterocycles. The fourth-order valence-corrected chi connectivity index (χ4v) is 2.69. The standard InChI is InChI=1S/C22H29N3O3/c1-4-28-20-12-10-19(11-13-20)25(22(27)18-8-6-5-7-9-18)16-14-21(26)23-15-17-24(2)3/h5-13H,4,14-17H2,1-3H3,(H,23,26). The number of hydrogen-bond acceptors (Lipinski definition) is 4. The van der Waals surface area contributed by atoms with Crippen LogP contribution < -0.4 is 15.0 Å². The van der Waals surface area contributed by atoms with Crippen LogP contribution in [0.3, 0.4) is 0 Å². The summed E-state index contributed by atoms with van der Waals surface area (Å²) in [6.45, 7) is 4.17. The molecule has 6 nitrogen and oxygen atoms in total. The molecule has 0 aromatic heterocycles. The fourth-order valence-electron chi connectivity index (χ4n) is 2.69. The molecule has 0 saturated carbocycles. The Balaban J connectivity index is 2.10. The van der Waals surface area contributed by atoms with E-state index >= 15 is 0 Å². The van der Waals surface area contributed by atoms with Gasteiger partial charge in [-0.05, 0) is 57.4 Å². The summed E-state index contributed by atoms with van der Waals surface area (Å²) in [6, 6.07) is 16.4. The Bertz CT molecular complexity index is 745. The van der Waals surface area contributed by atoms with E-state index in [1.807, 2.05) is 68.4 Å². The van der Waals surface area contributed by atoms with Gasteiger partial charge >= 0.3 is 0 Å². The van der Waals surface area contributed by atoms with Gasteiger partial charge in [-0.2, -0.15) is 0 Å². The summed E-state index contributed by atoms with van der Waals surface area (Å²) in [6.07, 6.45) is 0.235. The van der Waals surface area contributed by atoms with Crippen LogP contribution in [0.15, 0.2) is 54.6 Å². The molecule has 0 heterocycles. The topological polar surface area (TPSA) is 61.9 Å². The van der Waals surface area contributed by atoms with Crippen LogP contribution in [0, 0.1) is 0 Å². The highest BCUT2D eigenvalue weighted by Gasteiger charge is 2.19. The van der Waals surface area contributed by atoms with Crippen molar-refractivity contribution in [3.8, 4) is 5.75 Å². The summed E-state index contributed by atoms with van der Waals surface area (Å²) in [5, 5.41) is 2.89. The Morgan fingerprint density at radius 1 is 0.964 bits per heavy atom. The molecule has 2 aromatic carbocycles. The molecule has 0 unspecified atom stereocenters. The first-order valence-electron chi connectivity index (χ1n) is 9.52. The fraction of sp³-hybridized carbons (Fsp3) is 0.364. The number of rotatable bonds is 10. The first-order chi connectivity index (χ1) is 13.5. The smallest absolute Gasteiger partial charge is 0.258 e. The minimum Gasteiger partial charge on any atom is -0.494 e. The number of anilines is 1. The van der Waals surface area contributed by atoms with Crippen molar-refractivity contribution in [1.82, 2.24) is 10.2 Å². The summed E-state index contributed by atoms with van der Waals surface area (Å²) in [5.41, 5.74) is 1.32. The summed E-state index contributed by atoms with van der Waals surface area (Å²) in [7, 11) is 3.91. The van der Waals surface area contributed by atoms with E-state index in [0.717, 1.165) is 18.0 Å². The molecule has 0 aliphatic rings. The molecule has 0 fully saturated rings. The van der Waals surface area contributed by atoms with Gasteiger partial charge in [0.1, 0.15) is 5.75 Å². The summed E-state index contributed by atoms with van der Waals surface area (Å²) in [5.74, 6) is 0.546. The molecule has 0 aliphatic carbocycles. The zero-order chi connectivity index (χ0) is 20.4. The van der Waals surface area contributed by atoms with Gasteiger partial charge in [-0.3, -0.25) is 9.59 Å². The van der Waals surface area contributed by atoms with E-state index in [1.54, 1.807) is 17.0 Å². The van der Waals surface area contributed by atoms with Gasteiger partial charge in [0.2, 0.25) is 5.91 Å². The van der Waals surface area contributed by atoms with Gasteiger partial charge in [-0.1, -0.05) is 18.2 Å². The SMILES string of the molecule is CCOc1ccc(N(CCC(=O)NCCN(C)C)C(=O)c2ccccc2)cc1. The zero-order valence-corrected chi connectivity index (χ0v) is 16.9. The third kappa shape index (κ3) is 6.70. The molecule has 2 amide bonds. The first-order valence-corrected chi connectivity index (χ1v) is 9.52. The Hall–Kier alpha value is -2.86. The Morgan fingerprint density at radius 3 is 2.25 bits per heavy atom. The highest BCUT2D eigenvalue weighted by atomic mass is 16.5. The number of ether oxygens (including phenoxy) is 1. The number of carbonyl (C=O) groups excluding carboxylic acids is 2. The molecule has 0 spiro atoms. The van der Waals surface area contributed by atoms with Crippen LogP contribution in [-0.2, 0) is 4.79 Å². The van der Waals surface area contributed by atoms with Gasteiger partial charge in [-0.15, -0.1) is 0 Å². The Labute approximate surface area is 167 Å². The maximum absolute atomic E-state index is 13.0. The van der Waals surface area contributed by atoms with Crippen LogP contribution in [0.2, 0.25) is 0 Å². The number of nitrogens with zero attached hydrogens (tertiary/aromatic N) is 2. The number of benzene rings is 2. The average Bonchev–Trinajstić information content (AvgIpc) is 2.70. The molecule has 2 aromatic rings. The van der Waals surface area contributed by atoms with Gasteiger partial charge in [0, 0.05) is 37.3 Å². The summed E-state index contributed by atoms with van der Waals surface area (Å²) in [4.78, 5) is 28.8. The van der Waals surface area contributed by atoms with Crippen molar-refractivity contribution in [3.05, 3.63) is 60.2 Å². The third-order valence-corrected chi connectivity index (χ3v) is 4.17. The maximum Gasteiger partial charge on any atom is 0.258 e. The van der Waals surface area contributed by atoms with Crippen LogP contribution in [0.1, 0.15) is 23.7 Å². The van der Waals surface area contributed by atoms with Gasteiger partial charge in [0.15, 0.2) is 0 Å². The van der Waals surface area contributed by atoms with Crippen LogP contribution in [0.4, 0.5) is 5.69 Å². The van der Waals surface area contributed by atoms with E-state index in [1.165, 1.54) is 0 Å². The van der Waals surface area contributed by atoms with E-state index in [0.29, 0.717) is 25.3 Å². The molecule has 0 aliphatic heterocycles. The lowest BCUT2D eigenvalue weighted by atomic mass is 10.1. The number of likely N-dealkylation sites (N-methyl/N-ethyl adjacent to an activating group) is 1. The van der Waals surface area contributed by atoms with E-state index in [2.05, 4.69) is 5.32 Å². The van der Waals surface area contributed by atoms with Crippen LogP contribution in [0.5, 0.6) is 5.75 Å². The molecule has 6 heteroatoms. The summed E-state index contributed by atoms with van der Waals surface area (Å²) < 4.78 is 5.48. The summed E-state index contributed by atoms with van der Waals surface area (Å²) >= 11 is 0. The second kappa shape index (κ2) is 11.1. The predicted molar refractivity (Wildman–Crippen MR) is 112 cm³/mol. The van der Waals surface area contributed by atoms with Gasteiger partial charge in [0.05, 0.1) is 6.61 Å². The Morgan fingerprint density at radius 2 is 1.64 bits per heavy atom. The molecule has 0 bridgehead atoms. The van der Waals surface area contributed by atoms with Crippen molar-refractivity contribution in [3.63, 3.8) is 0 Å². The lowest BCUT2D eigenvalue weighted by molar-refractivity contribution is -0.120. The van der Waals surface area contributed by atoms with E-state index in [-0.39, 0.29) is 18.2 Å². The largest absolute Gasteiger partial charge is 0.494 e. The molecule has 150 valence electrons. The number of nitrogens with one attached hydrogen (secondary N) is 1. The first kappa shape index (κ1) is 21.4.